The number of nitrogens with zero attached hydrogens (tertiary/aromatic N) is 2. The van der Waals surface area contributed by atoms with E-state index < -0.39 is 0 Å². The van der Waals surface area contributed by atoms with Gasteiger partial charge in [0.2, 0.25) is 0 Å². The van der Waals surface area contributed by atoms with Crippen molar-refractivity contribution in [3.63, 3.8) is 0 Å². The molecule has 0 radical (unpaired) electrons. The summed E-state index contributed by atoms with van der Waals surface area (Å²) in [6.07, 6.45) is 0. The van der Waals surface area contributed by atoms with Crippen LogP contribution in [0.15, 0.2) is 28.8 Å². The Balaban J connectivity index is 2.39. The van der Waals surface area contributed by atoms with E-state index in [0.29, 0.717) is 11.4 Å². The molecule has 1 aromatic heterocycles. The summed E-state index contributed by atoms with van der Waals surface area (Å²) in [6, 6.07) is 5.95. The number of nitrogens with two attached hydrogens (primary N) is 1. The molecular weight excluding hydrogens is 185 g/mol. The summed E-state index contributed by atoms with van der Waals surface area (Å²) < 4.78 is 17.7. The Hall–Kier alpha value is -1.75. The van der Waals surface area contributed by atoms with E-state index in [2.05, 4.69) is 10.1 Å². The highest BCUT2D eigenvalue weighted by Crippen LogP contribution is 2.17. The number of halogens is 1. The van der Waals surface area contributed by atoms with Crippen molar-refractivity contribution in [3.05, 3.63) is 35.9 Å². The molecule has 0 saturated heterocycles. The Labute approximate surface area is 79.5 Å². The molecule has 14 heavy (non-hydrogen) atoms. The summed E-state index contributed by atoms with van der Waals surface area (Å²) in [4.78, 5) is 3.97. The van der Waals surface area contributed by atoms with Gasteiger partial charge >= 0.3 is 0 Å². The highest BCUT2D eigenvalue weighted by atomic mass is 19.1. The van der Waals surface area contributed by atoms with Gasteiger partial charge in [-0.3, -0.25) is 0 Å². The van der Waals surface area contributed by atoms with Crippen molar-refractivity contribution in [1.29, 1.82) is 0 Å². The van der Waals surface area contributed by atoms with Crippen molar-refractivity contribution in [3.8, 4) is 11.5 Å². The van der Waals surface area contributed by atoms with Gasteiger partial charge in [-0.05, 0) is 18.2 Å². The molecule has 0 aliphatic heterocycles. The molecular formula is C9H8FN3O. The Kier molecular flexibility index (Phi) is 2.24. The first-order valence-electron chi connectivity index (χ1n) is 4.08. The third kappa shape index (κ3) is 1.62. The van der Waals surface area contributed by atoms with Gasteiger partial charge in [-0.2, -0.15) is 4.98 Å². The van der Waals surface area contributed by atoms with E-state index in [-0.39, 0.29) is 18.3 Å². The average molecular weight is 193 g/mol. The lowest BCUT2D eigenvalue weighted by molar-refractivity contribution is 0.422. The average Bonchev–Trinajstić information content (AvgIpc) is 2.66. The molecule has 0 aliphatic carbocycles. The minimum atomic E-state index is -0.338. The number of benzene rings is 1. The zero-order chi connectivity index (χ0) is 9.97. The van der Waals surface area contributed by atoms with Gasteiger partial charge in [-0.1, -0.05) is 11.2 Å². The lowest BCUT2D eigenvalue weighted by atomic mass is 10.2. The lowest BCUT2D eigenvalue weighted by Crippen LogP contribution is -1.97. The molecule has 0 bridgehead atoms. The van der Waals surface area contributed by atoms with Crippen molar-refractivity contribution < 1.29 is 8.91 Å². The van der Waals surface area contributed by atoms with E-state index in [9.17, 15) is 4.39 Å². The molecule has 0 saturated carbocycles. The highest BCUT2D eigenvalue weighted by Gasteiger charge is 2.07. The minimum Gasteiger partial charge on any atom is -0.334 e. The molecule has 5 heteroatoms. The van der Waals surface area contributed by atoms with E-state index in [1.54, 1.807) is 12.1 Å². The van der Waals surface area contributed by atoms with E-state index in [1.807, 2.05) is 0 Å². The third-order valence-corrected chi connectivity index (χ3v) is 1.72. The van der Waals surface area contributed by atoms with Crippen LogP contribution in [0.2, 0.25) is 0 Å². The molecule has 0 amide bonds. The molecule has 0 aliphatic rings. The van der Waals surface area contributed by atoms with Gasteiger partial charge in [0, 0.05) is 5.56 Å². The van der Waals surface area contributed by atoms with Gasteiger partial charge in [-0.15, -0.1) is 0 Å². The number of aromatic nitrogens is 2. The van der Waals surface area contributed by atoms with Crippen LogP contribution < -0.4 is 5.73 Å². The van der Waals surface area contributed by atoms with Gasteiger partial charge in [0.1, 0.15) is 5.82 Å². The molecule has 2 rings (SSSR count). The lowest BCUT2D eigenvalue weighted by Gasteiger charge is -1.92. The van der Waals surface area contributed by atoms with Gasteiger partial charge in [0.15, 0.2) is 5.82 Å². The van der Waals surface area contributed by atoms with Crippen molar-refractivity contribution in [1.82, 2.24) is 10.1 Å². The second-order valence-corrected chi connectivity index (χ2v) is 2.73. The first-order chi connectivity index (χ1) is 6.79. The van der Waals surface area contributed by atoms with Crippen LogP contribution in [0.5, 0.6) is 0 Å². The van der Waals surface area contributed by atoms with Crippen LogP contribution >= 0.6 is 0 Å². The fourth-order valence-corrected chi connectivity index (χ4v) is 1.08. The Morgan fingerprint density at radius 3 is 2.93 bits per heavy atom. The molecule has 2 aromatic rings. The molecule has 0 atom stereocenters. The second kappa shape index (κ2) is 3.55. The van der Waals surface area contributed by atoms with E-state index in [1.165, 1.54) is 12.1 Å². The topological polar surface area (TPSA) is 64.9 Å². The summed E-state index contributed by atoms with van der Waals surface area (Å²) in [6.45, 7) is 0.207. The molecule has 0 fully saturated rings. The SMILES string of the molecule is NCc1noc(-c2cccc(F)c2)n1. The number of rotatable bonds is 2. The Bertz CT molecular complexity index is 441. The summed E-state index contributed by atoms with van der Waals surface area (Å²) in [5, 5.41) is 3.61. The predicted molar refractivity (Wildman–Crippen MR) is 47.6 cm³/mol. The maximum Gasteiger partial charge on any atom is 0.258 e. The molecule has 4 nitrogen and oxygen atoms in total. The molecule has 0 spiro atoms. The van der Waals surface area contributed by atoms with Crippen LogP contribution in [0, 0.1) is 5.82 Å². The Morgan fingerprint density at radius 1 is 1.43 bits per heavy atom. The van der Waals surface area contributed by atoms with E-state index in [0.717, 1.165) is 0 Å². The molecule has 1 heterocycles. The van der Waals surface area contributed by atoms with Gasteiger partial charge in [-0.25, -0.2) is 4.39 Å². The van der Waals surface area contributed by atoms with Crippen LogP contribution in [0.4, 0.5) is 4.39 Å². The first-order valence-corrected chi connectivity index (χ1v) is 4.08. The second-order valence-electron chi connectivity index (χ2n) is 2.73. The predicted octanol–water partition coefficient (Wildman–Crippen LogP) is 1.33. The van der Waals surface area contributed by atoms with E-state index in [4.69, 9.17) is 10.3 Å². The van der Waals surface area contributed by atoms with Gasteiger partial charge in [0.05, 0.1) is 6.54 Å². The van der Waals surface area contributed by atoms with Crippen molar-refractivity contribution in [2.45, 2.75) is 6.54 Å². The number of hydrogen-bond acceptors (Lipinski definition) is 4. The van der Waals surface area contributed by atoms with Crippen molar-refractivity contribution in [2.24, 2.45) is 5.73 Å². The summed E-state index contributed by atoms with van der Waals surface area (Å²) in [5.74, 6) is 0.351. The fraction of sp³-hybridized carbons (Fsp3) is 0.111. The molecule has 2 N–H and O–H groups in total. The van der Waals surface area contributed by atoms with Crippen LogP contribution in [0.25, 0.3) is 11.5 Å². The summed E-state index contributed by atoms with van der Waals surface area (Å²) in [7, 11) is 0. The first kappa shape index (κ1) is 8.83. The van der Waals surface area contributed by atoms with Crippen molar-refractivity contribution in [2.75, 3.05) is 0 Å². The molecule has 0 unspecified atom stereocenters. The zero-order valence-electron chi connectivity index (χ0n) is 7.27. The fourth-order valence-electron chi connectivity index (χ4n) is 1.08. The third-order valence-electron chi connectivity index (χ3n) is 1.72. The minimum absolute atomic E-state index is 0.207. The normalized spacial score (nSPS) is 10.4. The highest BCUT2D eigenvalue weighted by molar-refractivity contribution is 5.52. The molecule has 1 aromatic carbocycles. The standard InChI is InChI=1S/C9H8FN3O/c10-7-3-1-2-6(4-7)9-12-8(5-11)13-14-9/h1-4H,5,11H2. The smallest absolute Gasteiger partial charge is 0.258 e. The summed E-state index contributed by atoms with van der Waals surface area (Å²) in [5.41, 5.74) is 5.87. The van der Waals surface area contributed by atoms with Crippen LogP contribution in [0.3, 0.4) is 0 Å². The van der Waals surface area contributed by atoms with Crippen LogP contribution in [-0.2, 0) is 6.54 Å². The number of hydrogen-bond donors (Lipinski definition) is 1. The maximum absolute atomic E-state index is 12.8. The Morgan fingerprint density at radius 2 is 2.29 bits per heavy atom. The largest absolute Gasteiger partial charge is 0.334 e. The zero-order valence-corrected chi connectivity index (χ0v) is 7.27. The quantitative estimate of drug-likeness (QED) is 0.781. The van der Waals surface area contributed by atoms with E-state index >= 15 is 0 Å². The van der Waals surface area contributed by atoms with Crippen LogP contribution in [0.1, 0.15) is 5.82 Å². The monoisotopic (exact) mass is 193 g/mol. The summed E-state index contributed by atoms with van der Waals surface area (Å²) >= 11 is 0. The maximum atomic E-state index is 12.8. The molecule has 72 valence electrons. The van der Waals surface area contributed by atoms with Gasteiger partial charge in [0.25, 0.3) is 5.89 Å². The van der Waals surface area contributed by atoms with Crippen LogP contribution in [-0.4, -0.2) is 10.1 Å². The van der Waals surface area contributed by atoms with Gasteiger partial charge < -0.3 is 10.3 Å². The van der Waals surface area contributed by atoms with Crippen molar-refractivity contribution >= 4 is 0 Å².